The number of ether oxygens (including phenoxy) is 1. The fraction of sp³-hybridized carbons (Fsp3) is 0.133. The molecule has 1 aromatic heterocycles. The van der Waals surface area contributed by atoms with Gasteiger partial charge in [-0.2, -0.15) is 4.73 Å². The molecule has 0 saturated heterocycles. The van der Waals surface area contributed by atoms with Gasteiger partial charge < -0.3 is 9.57 Å². The monoisotopic (exact) mass is 254 g/mol. The van der Waals surface area contributed by atoms with Crippen LogP contribution in [0.5, 0.6) is 0 Å². The fourth-order valence-electron chi connectivity index (χ4n) is 2.01. The van der Waals surface area contributed by atoms with Gasteiger partial charge in [-0.1, -0.05) is 42.5 Å². The maximum Gasteiger partial charge on any atom is 0.214 e. The zero-order valence-electron chi connectivity index (χ0n) is 10.6. The molecule has 96 valence electrons. The highest BCUT2D eigenvalue weighted by molar-refractivity contribution is 5.80. The summed E-state index contributed by atoms with van der Waals surface area (Å²) in [6.07, 6.45) is 0. The van der Waals surface area contributed by atoms with E-state index in [1.54, 1.807) is 11.8 Å². The first-order valence-corrected chi connectivity index (χ1v) is 6.05. The van der Waals surface area contributed by atoms with Gasteiger partial charge in [-0.05, 0) is 12.1 Å². The van der Waals surface area contributed by atoms with Gasteiger partial charge >= 0.3 is 0 Å². The smallest absolute Gasteiger partial charge is 0.214 e. The molecule has 1 heterocycles. The molecule has 0 amide bonds. The summed E-state index contributed by atoms with van der Waals surface area (Å²) in [6, 6.07) is 17.8. The lowest BCUT2D eigenvalue weighted by Gasteiger charge is -2.09. The summed E-state index contributed by atoms with van der Waals surface area (Å²) in [5.74, 6) is 0.777. The van der Waals surface area contributed by atoms with Gasteiger partial charge in [-0.25, -0.2) is 4.98 Å². The summed E-state index contributed by atoms with van der Waals surface area (Å²) in [6.45, 7) is 0.181. The lowest BCUT2D eigenvalue weighted by Crippen LogP contribution is -2.15. The van der Waals surface area contributed by atoms with Crippen molar-refractivity contribution in [2.75, 3.05) is 13.9 Å². The van der Waals surface area contributed by atoms with Crippen molar-refractivity contribution in [1.82, 2.24) is 9.71 Å². The van der Waals surface area contributed by atoms with Gasteiger partial charge in [0.2, 0.25) is 6.79 Å². The van der Waals surface area contributed by atoms with Crippen LogP contribution < -0.4 is 4.84 Å². The molecule has 0 atom stereocenters. The third-order valence-corrected chi connectivity index (χ3v) is 2.85. The van der Waals surface area contributed by atoms with E-state index in [1.165, 1.54) is 0 Å². The van der Waals surface area contributed by atoms with Gasteiger partial charge in [-0.15, -0.1) is 0 Å². The average molecular weight is 254 g/mol. The number of methoxy groups -OCH3 is 1. The van der Waals surface area contributed by atoms with Gasteiger partial charge in [0.15, 0.2) is 5.82 Å². The van der Waals surface area contributed by atoms with Gasteiger partial charge in [0.1, 0.15) is 5.52 Å². The van der Waals surface area contributed by atoms with Crippen LogP contribution >= 0.6 is 0 Å². The topological polar surface area (TPSA) is 36.3 Å². The first-order valence-electron chi connectivity index (χ1n) is 6.05. The molecule has 19 heavy (non-hydrogen) atoms. The molecule has 2 aromatic carbocycles. The number of aromatic nitrogens is 2. The van der Waals surface area contributed by atoms with E-state index in [0.717, 1.165) is 22.4 Å². The minimum absolute atomic E-state index is 0.181. The van der Waals surface area contributed by atoms with E-state index >= 15 is 0 Å². The van der Waals surface area contributed by atoms with Crippen molar-refractivity contribution >= 4 is 11.0 Å². The number of para-hydroxylation sites is 2. The number of nitrogens with zero attached hydrogens (tertiary/aromatic N) is 2. The van der Waals surface area contributed by atoms with Gasteiger partial charge in [0.05, 0.1) is 5.52 Å². The first kappa shape index (κ1) is 11.7. The van der Waals surface area contributed by atoms with Crippen molar-refractivity contribution in [1.29, 1.82) is 0 Å². The van der Waals surface area contributed by atoms with Crippen LogP contribution in [0, 0.1) is 0 Å². The number of imidazole rings is 1. The molecule has 0 spiro atoms. The van der Waals surface area contributed by atoms with Crippen LogP contribution in [0.4, 0.5) is 0 Å². The number of rotatable bonds is 4. The van der Waals surface area contributed by atoms with Crippen LogP contribution in [-0.2, 0) is 4.74 Å². The predicted molar refractivity (Wildman–Crippen MR) is 73.6 cm³/mol. The third-order valence-electron chi connectivity index (χ3n) is 2.85. The Bertz CT molecular complexity index is 677. The minimum Gasteiger partial charge on any atom is -0.383 e. The SMILES string of the molecule is COCOn1c(-c2ccccc2)nc2ccccc21. The van der Waals surface area contributed by atoms with Crippen molar-refractivity contribution in [3.05, 3.63) is 54.6 Å². The molecule has 4 nitrogen and oxygen atoms in total. The molecule has 3 aromatic rings. The molecule has 0 aliphatic rings. The number of fused-ring (bicyclic) bond motifs is 1. The summed E-state index contributed by atoms with van der Waals surface area (Å²) < 4.78 is 6.70. The van der Waals surface area contributed by atoms with Gasteiger partial charge in [0, 0.05) is 12.7 Å². The van der Waals surface area contributed by atoms with E-state index in [9.17, 15) is 0 Å². The van der Waals surface area contributed by atoms with Crippen LogP contribution in [0.25, 0.3) is 22.4 Å². The minimum atomic E-state index is 0.181. The van der Waals surface area contributed by atoms with Crippen LogP contribution in [0.2, 0.25) is 0 Å². The summed E-state index contributed by atoms with van der Waals surface area (Å²) in [7, 11) is 1.60. The molecule has 4 heteroatoms. The molecule has 0 aliphatic heterocycles. The lowest BCUT2D eigenvalue weighted by atomic mass is 10.2. The standard InChI is InChI=1S/C15H14N2O2/c1-18-11-19-17-14-10-6-5-9-13(14)16-15(17)12-7-3-2-4-8-12/h2-10H,11H2,1H3. The highest BCUT2D eigenvalue weighted by Gasteiger charge is 2.12. The Kier molecular flexibility index (Phi) is 3.16. The van der Waals surface area contributed by atoms with E-state index in [1.807, 2.05) is 54.6 Å². The Hall–Kier alpha value is -2.33. The summed E-state index contributed by atoms with van der Waals surface area (Å²) in [5.41, 5.74) is 2.84. The van der Waals surface area contributed by atoms with Crippen LogP contribution in [0.1, 0.15) is 0 Å². The van der Waals surface area contributed by atoms with Crippen molar-refractivity contribution in [3.63, 3.8) is 0 Å². The zero-order valence-corrected chi connectivity index (χ0v) is 10.6. The summed E-state index contributed by atoms with van der Waals surface area (Å²) in [5, 5.41) is 0. The lowest BCUT2D eigenvalue weighted by molar-refractivity contribution is -0.0320. The van der Waals surface area contributed by atoms with E-state index < -0.39 is 0 Å². The predicted octanol–water partition coefficient (Wildman–Crippen LogP) is 2.74. The quantitative estimate of drug-likeness (QED) is 0.672. The largest absolute Gasteiger partial charge is 0.383 e. The average Bonchev–Trinajstić information content (AvgIpc) is 2.85. The second-order valence-electron chi connectivity index (χ2n) is 4.12. The number of hydrogen-bond acceptors (Lipinski definition) is 3. The highest BCUT2D eigenvalue weighted by Crippen LogP contribution is 2.23. The summed E-state index contributed by atoms with van der Waals surface area (Å²) in [4.78, 5) is 10.2. The molecule has 0 bridgehead atoms. The van der Waals surface area contributed by atoms with Crippen LogP contribution in [0.3, 0.4) is 0 Å². The maximum atomic E-state index is 5.63. The van der Waals surface area contributed by atoms with Crippen molar-refractivity contribution in [3.8, 4) is 11.4 Å². The maximum absolute atomic E-state index is 5.63. The molecular formula is C15H14N2O2. The molecule has 0 saturated carbocycles. The van der Waals surface area contributed by atoms with E-state index in [-0.39, 0.29) is 6.79 Å². The zero-order chi connectivity index (χ0) is 13.1. The number of benzene rings is 2. The fourth-order valence-corrected chi connectivity index (χ4v) is 2.01. The van der Waals surface area contributed by atoms with E-state index in [2.05, 4.69) is 4.98 Å². The Balaban J connectivity index is 2.17. The Morgan fingerprint density at radius 1 is 1.00 bits per heavy atom. The highest BCUT2D eigenvalue weighted by atomic mass is 16.8. The van der Waals surface area contributed by atoms with Crippen molar-refractivity contribution in [2.45, 2.75) is 0 Å². The second kappa shape index (κ2) is 5.12. The molecule has 0 unspecified atom stereocenters. The van der Waals surface area contributed by atoms with Gasteiger partial charge in [-0.3, -0.25) is 0 Å². The number of hydrogen-bond donors (Lipinski definition) is 0. The van der Waals surface area contributed by atoms with Crippen molar-refractivity contribution in [2.24, 2.45) is 0 Å². The second-order valence-corrected chi connectivity index (χ2v) is 4.12. The van der Waals surface area contributed by atoms with Crippen LogP contribution in [0.15, 0.2) is 54.6 Å². The van der Waals surface area contributed by atoms with E-state index in [0.29, 0.717) is 0 Å². The van der Waals surface area contributed by atoms with Gasteiger partial charge in [0.25, 0.3) is 0 Å². The Morgan fingerprint density at radius 3 is 2.53 bits per heavy atom. The normalized spacial score (nSPS) is 10.8. The molecule has 0 fully saturated rings. The molecular weight excluding hydrogens is 240 g/mol. The first-order chi connectivity index (χ1) is 9.40. The van der Waals surface area contributed by atoms with Crippen LogP contribution in [-0.4, -0.2) is 23.6 Å². The molecule has 0 aliphatic carbocycles. The van der Waals surface area contributed by atoms with E-state index in [4.69, 9.17) is 9.57 Å². The van der Waals surface area contributed by atoms with Crippen molar-refractivity contribution < 1.29 is 9.57 Å². The Labute approximate surface area is 111 Å². The molecule has 3 rings (SSSR count). The Morgan fingerprint density at radius 2 is 1.74 bits per heavy atom. The summed E-state index contributed by atoms with van der Waals surface area (Å²) >= 11 is 0. The molecule has 0 radical (unpaired) electrons. The molecule has 0 N–H and O–H groups in total. The third kappa shape index (κ3) is 2.18.